The molecular formula is C11H17N2O4+. The van der Waals surface area contributed by atoms with Crippen LogP contribution < -0.4 is 9.33 Å². The van der Waals surface area contributed by atoms with Crippen LogP contribution in [0.15, 0.2) is 29.6 Å². The van der Waals surface area contributed by atoms with E-state index in [9.17, 15) is 4.91 Å². The van der Waals surface area contributed by atoms with Gasteiger partial charge >= 0.3 is 0 Å². The summed E-state index contributed by atoms with van der Waals surface area (Å²) in [4.78, 5) is 11.1. The van der Waals surface area contributed by atoms with Gasteiger partial charge in [0.2, 0.25) is 0 Å². The van der Waals surface area contributed by atoms with Gasteiger partial charge in [0.1, 0.15) is 18.8 Å². The van der Waals surface area contributed by atoms with E-state index in [0.29, 0.717) is 11.4 Å². The van der Waals surface area contributed by atoms with Gasteiger partial charge in [0, 0.05) is 12.1 Å². The van der Waals surface area contributed by atoms with Crippen molar-refractivity contribution < 1.29 is 14.9 Å². The van der Waals surface area contributed by atoms with Crippen molar-refractivity contribution in [1.82, 2.24) is 4.59 Å². The quantitative estimate of drug-likeness (QED) is 0.418. The second kappa shape index (κ2) is 6.29. The van der Waals surface area contributed by atoms with Gasteiger partial charge in [-0.1, -0.05) is 11.0 Å². The molecule has 0 unspecified atom stereocenters. The Morgan fingerprint density at radius 2 is 1.94 bits per heavy atom. The summed E-state index contributed by atoms with van der Waals surface area (Å²) in [6.45, 7) is -0.139. The van der Waals surface area contributed by atoms with Crippen LogP contribution in [0.5, 0.6) is 5.75 Å². The van der Waals surface area contributed by atoms with Crippen molar-refractivity contribution in [2.24, 2.45) is 5.29 Å². The van der Waals surface area contributed by atoms with E-state index in [1.165, 1.54) is 7.11 Å². The Hall–Kier alpha value is -1.50. The molecule has 1 aromatic rings. The smallest absolute Gasteiger partial charge is 0.165 e. The highest BCUT2D eigenvalue weighted by atomic mass is 16.5. The van der Waals surface area contributed by atoms with Crippen molar-refractivity contribution >= 4 is 5.69 Å². The molecule has 0 radical (unpaired) electrons. The molecule has 6 nitrogen and oxygen atoms in total. The molecule has 17 heavy (non-hydrogen) atoms. The van der Waals surface area contributed by atoms with Crippen molar-refractivity contribution in [3.8, 4) is 5.75 Å². The molecule has 2 N–H and O–H groups in total. The Bertz CT molecular complexity index is 364. The van der Waals surface area contributed by atoms with Crippen LogP contribution >= 0.6 is 0 Å². The van der Waals surface area contributed by atoms with E-state index in [0.717, 1.165) is 0 Å². The first-order valence-electron chi connectivity index (χ1n) is 5.30. The molecule has 94 valence electrons. The molecule has 6 heteroatoms. The van der Waals surface area contributed by atoms with Crippen LogP contribution in [-0.4, -0.2) is 43.6 Å². The number of nitroso groups, excluding NO2 is 1. The van der Waals surface area contributed by atoms with E-state index in [1.54, 1.807) is 24.3 Å². The van der Waals surface area contributed by atoms with Gasteiger partial charge < -0.3 is 14.9 Å². The third-order valence-electron chi connectivity index (χ3n) is 2.63. The number of hydrogen-bond acceptors (Lipinski definition) is 5. The number of aliphatic hydroxyl groups excluding tert-OH is 2. The van der Waals surface area contributed by atoms with Crippen LogP contribution in [0.1, 0.15) is 0 Å². The zero-order valence-electron chi connectivity index (χ0n) is 9.74. The molecule has 1 aromatic carbocycles. The summed E-state index contributed by atoms with van der Waals surface area (Å²) >= 11 is 0. The molecule has 0 atom stereocenters. The summed E-state index contributed by atoms with van der Waals surface area (Å²) in [6, 6.07) is 6.88. The fourth-order valence-corrected chi connectivity index (χ4v) is 1.70. The third-order valence-corrected chi connectivity index (χ3v) is 2.63. The highest BCUT2D eigenvalue weighted by molar-refractivity contribution is 5.47. The van der Waals surface area contributed by atoms with Gasteiger partial charge in [-0.25, -0.2) is 0 Å². The van der Waals surface area contributed by atoms with Gasteiger partial charge in [-0.3, -0.25) is 0 Å². The zero-order valence-corrected chi connectivity index (χ0v) is 9.74. The second-order valence-electron chi connectivity index (χ2n) is 3.60. The van der Waals surface area contributed by atoms with Gasteiger partial charge in [0.15, 0.2) is 11.0 Å². The highest BCUT2D eigenvalue weighted by Crippen LogP contribution is 2.27. The lowest BCUT2D eigenvalue weighted by Gasteiger charge is -2.26. The van der Waals surface area contributed by atoms with Crippen molar-refractivity contribution in [3.05, 3.63) is 29.2 Å². The summed E-state index contributed by atoms with van der Waals surface area (Å²) in [5.41, 5.74) is 0.586. The fraction of sp³-hybridized carbons (Fsp3) is 0.455. The summed E-state index contributed by atoms with van der Waals surface area (Å²) in [5.74, 6) is 0.601. The number of nitrogens with zero attached hydrogens (tertiary/aromatic N) is 2. The maximum atomic E-state index is 11.1. The third kappa shape index (κ3) is 3.00. The lowest BCUT2D eigenvalue weighted by molar-refractivity contribution is 0.165. The Kier molecular flexibility index (Phi) is 5.02. The Morgan fingerprint density at radius 1 is 1.29 bits per heavy atom. The van der Waals surface area contributed by atoms with E-state index in [2.05, 4.69) is 5.29 Å². The maximum absolute atomic E-state index is 11.1. The molecule has 0 heterocycles. The van der Waals surface area contributed by atoms with E-state index >= 15 is 0 Å². The molecule has 0 aliphatic heterocycles. The molecule has 0 amide bonds. The van der Waals surface area contributed by atoms with Gasteiger partial charge in [0.05, 0.1) is 20.3 Å². The van der Waals surface area contributed by atoms with E-state index in [-0.39, 0.29) is 30.9 Å². The lowest BCUT2D eigenvalue weighted by Crippen LogP contribution is -2.47. The molecule has 0 spiro atoms. The molecule has 0 aliphatic rings. The normalized spacial score (nSPS) is 11.2. The molecular weight excluding hydrogens is 224 g/mol. The lowest BCUT2D eigenvalue weighted by atomic mass is 10.2. The van der Waals surface area contributed by atoms with Crippen molar-refractivity contribution in [1.29, 1.82) is 0 Å². The van der Waals surface area contributed by atoms with Gasteiger partial charge in [0.25, 0.3) is 0 Å². The number of hydrogen-bond donors (Lipinski definition) is 2. The molecule has 0 aromatic heterocycles. The van der Waals surface area contributed by atoms with Crippen molar-refractivity contribution in [2.45, 2.75) is 0 Å². The maximum Gasteiger partial charge on any atom is 0.165 e. The van der Waals surface area contributed by atoms with E-state index in [4.69, 9.17) is 14.9 Å². The monoisotopic (exact) mass is 241 g/mol. The number of rotatable bonds is 7. The van der Waals surface area contributed by atoms with Gasteiger partial charge in [-0.15, -0.1) is 4.59 Å². The number of aliphatic hydroxyl groups is 2. The van der Waals surface area contributed by atoms with Crippen LogP contribution in [0.3, 0.4) is 0 Å². The first-order valence-corrected chi connectivity index (χ1v) is 5.30. The average molecular weight is 241 g/mol. The number of methoxy groups -OCH3 is 1. The minimum absolute atomic E-state index is 0.122. The first kappa shape index (κ1) is 13.6. The number of quaternary nitrogens is 1. The summed E-state index contributed by atoms with van der Waals surface area (Å²) in [6.07, 6.45) is 0. The van der Waals surface area contributed by atoms with Crippen LogP contribution in [0.25, 0.3) is 0 Å². The van der Waals surface area contributed by atoms with E-state index < -0.39 is 0 Å². The minimum atomic E-state index is -0.357. The zero-order chi connectivity index (χ0) is 12.7. The van der Waals surface area contributed by atoms with Gasteiger partial charge in [-0.05, 0) is 6.07 Å². The molecule has 1 rings (SSSR count). The highest BCUT2D eigenvalue weighted by Gasteiger charge is 2.32. The summed E-state index contributed by atoms with van der Waals surface area (Å²) < 4.78 is 4.72. The first-order chi connectivity index (χ1) is 8.22. The molecule has 0 saturated heterocycles. The topological polar surface area (TPSA) is 79.1 Å². The largest absolute Gasteiger partial charge is 0.497 e. The number of ether oxygens (including phenoxy) is 1. The molecule has 0 bridgehead atoms. The van der Waals surface area contributed by atoms with Crippen LogP contribution in [0.4, 0.5) is 5.69 Å². The van der Waals surface area contributed by atoms with Crippen LogP contribution in [0.2, 0.25) is 0 Å². The van der Waals surface area contributed by atoms with Crippen molar-refractivity contribution in [2.75, 3.05) is 33.4 Å². The average Bonchev–Trinajstić information content (AvgIpc) is 2.38. The Balaban J connectivity index is 3.14. The van der Waals surface area contributed by atoms with Crippen LogP contribution in [0, 0.1) is 4.91 Å². The summed E-state index contributed by atoms with van der Waals surface area (Å²) in [7, 11) is 1.53. The molecule has 0 aliphatic carbocycles. The summed E-state index contributed by atoms with van der Waals surface area (Å²) in [5, 5.41) is 21.1. The van der Waals surface area contributed by atoms with Crippen molar-refractivity contribution in [3.63, 3.8) is 0 Å². The predicted octanol–water partition coefficient (Wildman–Crippen LogP) is 0.668. The SMILES string of the molecule is COc1cccc([N+](CCO)(CCO)N=O)c1. The van der Waals surface area contributed by atoms with Gasteiger partial charge in [-0.2, -0.15) is 0 Å². The Labute approximate surface area is 99.6 Å². The van der Waals surface area contributed by atoms with E-state index in [1.807, 2.05) is 0 Å². The Morgan fingerprint density at radius 3 is 2.41 bits per heavy atom. The standard InChI is InChI=1S/C11H17N2O4/c1-17-11-4-2-3-10(9-11)13(12-16,5-7-14)6-8-15/h2-4,9,14-15H,5-8H2,1H3/q+1. The molecule has 0 fully saturated rings. The minimum Gasteiger partial charge on any atom is -0.497 e. The van der Waals surface area contributed by atoms with Crippen LogP contribution in [-0.2, 0) is 0 Å². The predicted molar refractivity (Wildman–Crippen MR) is 64.5 cm³/mol. The fourth-order valence-electron chi connectivity index (χ4n) is 1.70. The second-order valence-corrected chi connectivity index (χ2v) is 3.60. The number of benzene rings is 1. The molecule has 0 saturated carbocycles.